The highest BCUT2D eigenvalue weighted by Crippen LogP contribution is 2.40. The van der Waals surface area contributed by atoms with E-state index < -0.39 is 0 Å². The highest BCUT2D eigenvalue weighted by atomic mass is 15.2. The molecule has 3 atom stereocenters. The highest BCUT2D eigenvalue weighted by molar-refractivity contribution is 5.01. The van der Waals surface area contributed by atoms with E-state index >= 15 is 0 Å². The first-order valence-electron chi connectivity index (χ1n) is 9.06. The molecule has 2 rings (SSSR count). The molecule has 0 bridgehead atoms. The second-order valence-corrected chi connectivity index (χ2v) is 7.75. The van der Waals surface area contributed by atoms with Crippen molar-refractivity contribution in [3.63, 3.8) is 0 Å². The van der Waals surface area contributed by atoms with Gasteiger partial charge in [-0.25, -0.2) is 0 Å². The quantitative estimate of drug-likeness (QED) is 0.817. The molecule has 118 valence electrons. The van der Waals surface area contributed by atoms with Crippen LogP contribution in [0.25, 0.3) is 0 Å². The van der Waals surface area contributed by atoms with Gasteiger partial charge in [0.25, 0.3) is 0 Å². The lowest BCUT2D eigenvalue weighted by atomic mass is 9.86. The molecular weight excluding hydrogens is 244 g/mol. The fourth-order valence-electron chi connectivity index (χ4n) is 4.60. The predicted molar refractivity (Wildman–Crippen MR) is 88.1 cm³/mol. The monoisotopic (exact) mass is 280 g/mol. The molecule has 1 aliphatic heterocycles. The molecule has 1 N–H and O–H groups in total. The molecule has 0 aromatic carbocycles. The van der Waals surface area contributed by atoms with Crippen molar-refractivity contribution in [3.05, 3.63) is 0 Å². The molecule has 0 aromatic heterocycles. The van der Waals surface area contributed by atoms with E-state index in [9.17, 15) is 0 Å². The van der Waals surface area contributed by atoms with Gasteiger partial charge in [-0.2, -0.15) is 0 Å². The van der Waals surface area contributed by atoms with Crippen molar-refractivity contribution in [1.29, 1.82) is 0 Å². The Bertz CT molecular complexity index is 287. The van der Waals surface area contributed by atoms with Crippen LogP contribution in [0.3, 0.4) is 0 Å². The second kappa shape index (κ2) is 7.26. The van der Waals surface area contributed by atoms with Gasteiger partial charge in [0.05, 0.1) is 0 Å². The summed E-state index contributed by atoms with van der Waals surface area (Å²) in [6, 6.07) is 1.47. The van der Waals surface area contributed by atoms with Gasteiger partial charge >= 0.3 is 0 Å². The standard InChI is InChI=1S/C18H36N2/c1-5-8-15-9-7-13-20(14-11-15)16-10-12-18(3,4)17(16)19-6-2/h15-17,19H,5-14H2,1-4H3. The van der Waals surface area contributed by atoms with Crippen LogP contribution in [-0.4, -0.2) is 36.6 Å². The Morgan fingerprint density at radius 3 is 2.60 bits per heavy atom. The van der Waals surface area contributed by atoms with E-state index in [0.29, 0.717) is 11.5 Å². The average molecular weight is 281 g/mol. The molecule has 2 aliphatic rings. The van der Waals surface area contributed by atoms with Gasteiger partial charge in [0.2, 0.25) is 0 Å². The van der Waals surface area contributed by atoms with Gasteiger partial charge in [0.1, 0.15) is 0 Å². The predicted octanol–water partition coefficient (Wildman–Crippen LogP) is 4.06. The Hall–Kier alpha value is -0.0800. The molecule has 1 saturated heterocycles. The van der Waals surface area contributed by atoms with E-state index in [2.05, 4.69) is 37.9 Å². The van der Waals surface area contributed by atoms with Crippen LogP contribution < -0.4 is 5.32 Å². The lowest BCUT2D eigenvalue weighted by Gasteiger charge is -2.37. The third kappa shape index (κ3) is 3.76. The molecule has 0 spiro atoms. The molecule has 2 nitrogen and oxygen atoms in total. The number of hydrogen-bond acceptors (Lipinski definition) is 2. The van der Waals surface area contributed by atoms with Gasteiger partial charge in [0, 0.05) is 12.1 Å². The van der Waals surface area contributed by atoms with E-state index in [4.69, 9.17) is 0 Å². The lowest BCUT2D eigenvalue weighted by Crippen LogP contribution is -2.52. The molecule has 3 unspecified atom stereocenters. The Morgan fingerprint density at radius 1 is 1.10 bits per heavy atom. The molecular formula is C18H36N2. The molecule has 2 heteroatoms. The molecule has 20 heavy (non-hydrogen) atoms. The molecule has 1 heterocycles. The van der Waals surface area contributed by atoms with E-state index in [0.717, 1.165) is 18.5 Å². The van der Waals surface area contributed by atoms with Crippen LogP contribution in [0.2, 0.25) is 0 Å². The zero-order chi connectivity index (χ0) is 14.6. The van der Waals surface area contributed by atoms with E-state index in [-0.39, 0.29) is 0 Å². The first-order valence-corrected chi connectivity index (χ1v) is 9.06. The summed E-state index contributed by atoms with van der Waals surface area (Å²) >= 11 is 0. The summed E-state index contributed by atoms with van der Waals surface area (Å²) in [5.74, 6) is 0.997. The zero-order valence-electron chi connectivity index (χ0n) is 14.3. The number of likely N-dealkylation sites (tertiary alicyclic amines) is 1. The van der Waals surface area contributed by atoms with Gasteiger partial charge in [0.15, 0.2) is 0 Å². The minimum atomic E-state index is 0.468. The third-order valence-electron chi connectivity index (χ3n) is 5.78. The van der Waals surface area contributed by atoms with E-state index in [1.54, 1.807) is 0 Å². The van der Waals surface area contributed by atoms with Crippen molar-refractivity contribution in [2.75, 3.05) is 19.6 Å². The third-order valence-corrected chi connectivity index (χ3v) is 5.78. The largest absolute Gasteiger partial charge is 0.312 e. The fraction of sp³-hybridized carbons (Fsp3) is 1.00. The van der Waals surface area contributed by atoms with Crippen molar-refractivity contribution in [1.82, 2.24) is 10.2 Å². The van der Waals surface area contributed by atoms with Gasteiger partial charge < -0.3 is 5.32 Å². The van der Waals surface area contributed by atoms with Crippen LogP contribution in [0.4, 0.5) is 0 Å². The van der Waals surface area contributed by atoms with Crippen molar-refractivity contribution >= 4 is 0 Å². The van der Waals surface area contributed by atoms with Gasteiger partial charge in [-0.15, -0.1) is 0 Å². The first-order chi connectivity index (χ1) is 9.58. The maximum Gasteiger partial charge on any atom is 0.0274 e. The average Bonchev–Trinajstić information content (AvgIpc) is 2.60. The van der Waals surface area contributed by atoms with Crippen LogP contribution in [0.15, 0.2) is 0 Å². The summed E-state index contributed by atoms with van der Waals surface area (Å²) in [5, 5.41) is 3.80. The van der Waals surface area contributed by atoms with Crippen molar-refractivity contribution in [2.24, 2.45) is 11.3 Å². The van der Waals surface area contributed by atoms with Gasteiger partial charge in [-0.05, 0) is 63.1 Å². The highest BCUT2D eigenvalue weighted by Gasteiger charge is 2.43. The summed E-state index contributed by atoms with van der Waals surface area (Å²) in [6.07, 6.45) is 9.89. The van der Waals surface area contributed by atoms with Crippen LogP contribution in [-0.2, 0) is 0 Å². The maximum absolute atomic E-state index is 3.80. The summed E-state index contributed by atoms with van der Waals surface area (Å²) < 4.78 is 0. The topological polar surface area (TPSA) is 15.3 Å². The zero-order valence-corrected chi connectivity index (χ0v) is 14.3. The van der Waals surface area contributed by atoms with E-state index in [1.807, 2.05) is 0 Å². The van der Waals surface area contributed by atoms with Crippen LogP contribution in [0.5, 0.6) is 0 Å². The van der Waals surface area contributed by atoms with Crippen molar-refractivity contribution in [3.8, 4) is 0 Å². The maximum atomic E-state index is 3.80. The molecule has 0 aromatic rings. The summed E-state index contributed by atoms with van der Waals surface area (Å²) in [7, 11) is 0. The number of nitrogens with zero attached hydrogens (tertiary/aromatic N) is 1. The number of likely N-dealkylation sites (N-methyl/N-ethyl adjacent to an activating group) is 1. The van der Waals surface area contributed by atoms with Gasteiger partial charge in [-0.1, -0.05) is 40.5 Å². The Balaban J connectivity index is 1.96. The SMILES string of the molecule is CCCC1CCCN(C2CCC(C)(C)C2NCC)CC1. The minimum absolute atomic E-state index is 0.468. The second-order valence-electron chi connectivity index (χ2n) is 7.75. The van der Waals surface area contributed by atoms with Crippen molar-refractivity contribution < 1.29 is 0 Å². The van der Waals surface area contributed by atoms with Crippen LogP contribution >= 0.6 is 0 Å². The van der Waals surface area contributed by atoms with Gasteiger partial charge in [-0.3, -0.25) is 4.90 Å². The normalized spacial score (nSPS) is 35.1. The van der Waals surface area contributed by atoms with Crippen molar-refractivity contribution in [2.45, 2.75) is 84.7 Å². The summed E-state index contributed by atoms with van der Waals surface area (Å²) in [6.45, 7) is 13.3. The number of nitrogens with one attached hydrogen (secondary N) is 1. The Morgan fingerprint density at radius 2 is 1.90 bits per heavy atom. The molecule has 1 saturated carbocycles. The molecule has 0 amide bonds. The van der Waals surface area contributed by atoms with E-state index in [1.165, 1.54) is 58.0 Å². The molecule has 1 aliphatic carbocycles. The van der Waals surface area contributed by atoms with Crippen LogP contribution in [0.1, 0.15) is 72.6 Å². The smallest absolute Gasteiger partial charge is 0.0274 e. The summed E-state index contributed by atoms with van der Waals surface area (Å²) in [4.78, 5) is 2.83. The van der Waals surface area contributed by atoms with Crippen LogP contribution in [0, 0.1) is 11.3 Å². The Kier molecular flexibility index (Phi) is 5.92. The number of rotatable bonds is 5. The minimum Gasteiger partial charge on any atom is -0.312 e. The lowest BCUT2D eigenvalue weighted by molar-refractivity contribution is 0.147. The number of hydrogen-bond donors (Lipinski definition) is 1. The molecule has 2 fully saturated rings. The fourth-order valence-corrected chi connectivity index (χ4v) is 4.60. The Labute approximate surface area is 126 Å². The summed E-state index contributed by atoms with van der Waals surface area (Å²) in [5.41, 5.74) is 0.468. The first kappa shape index (κ1) is 16.3. The molecule has 0 radical (unpaired) electrons.